The van der Waals surface area contributed by atoms with Crippen molar-refractivity contribution in [2.75, 3.05) is 5.32 Å². The Labute approximate surface area is 187 Å². The maximum atomic E-state index is 13.0. The topological polar surface area (TPSA) is 121 Å². The molecule has 0 aliphatic carbocycles. The molecule has 12 heteroatoms. The maximum Gasteiger partial charge on any atom is 0.276 e. The molecule has 0 aliphatic rings. The monoisotopic (exact) mass is 452 g/mol. The molecule has 0 spiro atoms. The predicted molar refractivity (Wildman–Crippen MR) is 115 cm³/mol. The summed E-state index contributed by atoms with van der Waals surface area (Å²) in [6, 6.07) is 7.08. The van der Waals surface area contributed by atoms with Crippen molar-refractivity contribution in [3.05, 3.63) is 77.9 Å². The van der Waals surface area contributed by atoms with Crippen LogP contribution < -0.4 is 15.4 Å². The first-order chi connectivity index (χ1) is 15.9. The first-order valence-electron chi connectivity index (χ1n) is 9.90. The minimum atomic E-state index is -0.509. The van der Waals surface area contributed by atoms with Crippen molar-refractivity contribution in [1.29, 1.82) is 0 Å². The van der Waals surface area contributed by atoms with E-state index in [9.17, 15) is 14.0 Å². The molecule has 0 saturated carbocycles. The number of aryl methyl sites for hydroxylation is 2. The molecule has 0 saturated heterocycles. The Morgan fingerprint density at radius 2 is 1.85 bits per heavy atom. The quantitative estimate of drug-likeness (QED) is 0.420. The summed E-state index contributed by atoms with van der Waals surface area (Å²) in [4.78, 5) is 25.3. The summed E-state index contributed by atoms with van der Waals surface area (Å²) in [5, 5.41) is 17.7. The van der Waals surface area contributed by atoms with Gasteiger partial charge in [0.1, 0.15) is 17.3 Å². The van der Waals surface area contributed by atoms with Crippen molar-refractivity contribution in [2.45, 2.75) is 13.3 Å². The second-order valence-corrected chi connectivity index (χ2v) is 7.16. The number of rotatable bonds is 8. The minimum Gasteiger partial charge on any atom is -0.471 e. The SMILES string of the molecule is Cn1cc(CNC(=O)c2c(NC(=O)c3ccn(COc4ccc(F)cc4)n3)cnn2C)cn1. The van der Waals surface area contributed by atoms with Gasteiger partial charge in [-0.2, -0.15) is 15.3 Å². The van der Waals surface area contributed by atoms with E-state index in [1.807, 2.05) is 0 Å². The van der Waals surface area contributed by atoms with E-state index < -0.39 is 11.8 Å². The van der Waals surface area contributed by atoms with Crippen molar-refractivity contribution < 1.29 is 18.7 Å². The Bertz CT molecular complexity index is 1270. The largest absolute Gasteiger partial charge is 0.471 e. The summed E-state index contributed by atoms with van der Waals surface area (Å²) in [7, 11) is 3.40. The molecule has 170 valence electrons. The number of anilines is 1. The van der Waals surface area contributed by atoms with Crippen molar-refractivity contribution in [2.24, 2.45) is 14.1 Å². The first kappa shape index (κ1) is 21.7. The van der Waals surface area contributed by atoms with E-state index in [0.29, 0.717) is 5.75 Å². The molecule has 11 nitrogen and oxygen atoms in total. The number of hydrogen-bond acceptors (Lipinski definition) is 6. The lowest BCUT2D eigenvalue weighted by Gasteiger charge is -2.08. The number of carbonyl (C=O) groups excluding carboxylic acids is 2. The fraction of sp³-hybridized carbons (Fsp3) is 0.190. The number of aromatic nitrogens is 6. The average Bonchev–Trinajstić information content (AvgIpc) is 3.52. The Morgan fingerprint density at radius 3 is 2.58 bits per heavy atom. The van der Waals surface area contributed by atoms with E-state index >= 15 is 0 Å². The second-order valence-electron chi connectivity index (χ2n) is 7.16. The van der Waals surface area contributed by atoms with Crippen LogP contribution in [0, 0.1) is 5.82 Å². The molecule has 4 rings (SSSR count). The highest BCUT2D eigenvalue weighted by atomic mass is 19.1. The highest BCUT2D eigenvalue weighted by Gasteiger charge is 2.20. The molecular weight excluding hydrogens is 431 g/mol. The summed E-state index contributed by atoms with van der Waals surface area (Å²) in [5.74, 6) is -0.798. The molecule has 1 aromatic carbocycles. The number of carbonyl (C=O) groups is 2. The summed E-state index contributed by atoms with van der Waals surface area (Å²) < 4.78 is 22.9. The number of amides is 2. The van der Waals surface area contributed by atoms with E-state index in [-0.39, 0.29) is 36.2 Å². The van der Waals surface area contributed by atoms with Gasteiger partial charge in [0.15, 0.2) is 12.4 Å². The van der Waals surface area contributed by atoms with Gasteiger partial charge in [-0.25, -0.2) is 9.07 Å². The molecule has 33 heavy (non-hydrogen) atoms. The zero-order chi connectivity index (χ0) is 23.4. The summed E-state index contributed by atoms with van der Waals surface area (Å²) in [5.41, 5.74) is 1.42. The van der Waals surface area contributed by atoms with Gasteiger partial charge in [0.25, 0.3) is 11.8 Å². The van der Waals surface area contributed by atoms with Crippen molar-refractivity contribution in [3.63, 3.8) is 0 Å². The van der Waals surface area contributed by atoms with Crippen LogP contribution in [0.5, 0.6) is 5.75 Å². The highest BCUT2D eigenvalue weighted by molar-refractivity contribution is 6.07. The van der Waals surface area contributed by atoms with Crippen LogP contribution in [0.25, 0.3) is 0 Å². The lowest BCUT2D eigenvalue weighted by molar-refractivity contribution is 0.0942. The minimum absolute atomic E-state index is 0.0355. The molecule has 3 aromatic heterocycles. The molecule has 0 fully saturated rings. The molecule has 2 N–H and O–H groups in total. The standard InChI is InChI=1S/C21H21FN8O3/c1-28-12-14(10-24-28)9-23-21(32)19-18(11-25-29(19)2)26-20(31)17-7-8-30(27-17)13-33-16-5-3-15(22)4-6-16/h3-8,10-12H,9,13H2,1-2H3,(H,23,32)(H,26,31). The normalized spacial score (nSPS) is 10.8. The number of ether oxygens (including phenoxy) is 1. The van der Waals surface area contributed by atoms with E-state index in [4.69, 9.17) is 4.74 Å². The van der Waals surface area contributed by atoms with Gasteiger partial charge in [-0.1, -0.05) is 0 Å². The lowest BCUT2D eigenvalue weighted by Crippen LogP contribution is -2.26. The van der Waals surface area contributed by atoms with E-state index in [0.717, 1.165) is 5.56 Å². The third-order valence-corrected chi connectivity index (χ3v) is 4.66. The third kappa shape index (κ3) is 5.23. The highest BCUT2D eigenvalue weighted by Crippen LogP contribution is 2.16. The lowest BCUT2D eigenvalue weighted by atomic mass is 10.3. The Kier molecular flexibility index (Phi) is 6.15. The predicted octanol–water partition coefficient (Wildman–Crippen LogP) is 1.71. The van der Waals surface area contributed by atoms with Gasteiger partial charge < -0.3 is 15.4 Å². The number of halogens is 1. The van der Waals surface area contributed by atoms with Gasteiger partial charge in [0.2, 0.25) is 0 Å². The van der Waals surface area contributed by atoms with Crippen molar-refractivity contribution in [1.82, 2.24) is 34.7 Å². The van der Waals surface area contributed by atoms with Crippen LogP contribution in [-0.2, 0) is 27.4 Å². The van der Waals surface area contributed by atoms with Gasteiger partial charge in [0, 0.05) is 38.6 Å². The van der Waals surface area contributed by atoms with Gasteiger partial charge in [0.05, 0.1) is 18.1 Å². The molecule has 0 aliphatic heterocycles. The fourth-order valence-electron chi connectivity index (χ4n) is 3.04. The van der Waals surface area contributed by atoms with E-state index in [2.05, 4.69) is 25.9 Å². The van der Waals surface area contributed by atoms with Crippen LogP contribution in [-0.4, -0.2) is 41.2 Å². The smallest absolute Gasteiger partial charge is 0.276 e. The zero-order valence-corrected chi connectivity index (χ0v) is 17.9. The van der Waals surface area contributed by atoms with Crippen LogP contribution in [0.4, 0.5) is 10.1 Å². The van der Waals surface area contributed by atoms with E-state index in [1.54, 1.807) is 37.4 Å². The number of benzene rings is 1. The van der Waals surface area contributed by atoms with Gasteiger partial charge in [-0.3, -0.25) is 19.0 Å². The van der Waals surface area contributed by atoms with Crippen molar-refractivity contribution >= 4 is 17.5 Å². The molecule has 0 radical (unpaired) electrons. The summed E-state index contributed by atoms with van der Waals surface area (Å²) in [6.07, 6.45) is 6.42. The van der Waals surface area contributed by atoms with Crippen molar-refractivity contribution in [3.8, 4) is 5.75 Å². The molecule has 4 aromatic rings. The number of nitrogens with zero attached hydrogens (tertiary/aromatic N) is 6. The third-order valence-electron chi connectivity index (χ3n) is 4.66. The Morgan fingerprint density at radius 1 is 1.06 bits per heavy atom. The maximum absolute atomic E-state index is 13.0. The van der Waals surface area contributed by atoms with Gasteiger partial charge in [-0.05, 0) is 30.3 Å². The zero-order valence-electron chi connectivity index (χ0n) is 17.9. The molecule has 0 unspecified atom stereocenters. The molecule has 3 heterocycles. The molecule has 0 atom stereocenters. The number of nitrogens with one attached hydrogen (secondary N) is 2. The van der Waals surface area contributed by atoms with Crippen LogP contribution in [0.3, 0.4) is 0 Å². The molecule has 0 bridgehead atoms. The van der Waals surface area contributed by atoms with Crippen LogP contribution in [0.1, 0.15) is 26.5 Å². The van der Waals surface area contributed by atoms with E-state index in [1.165, 1.54) is 45.9 Å². The Hall–Kier alpha value is -4.48. The van der Waals surface area contributed by atoms with Crippen LogP contribution in [0.15, 0.2) is 55.1 Å². The summed E-state index contributed by atoms with van der Waals surface area (Å²) in [6.45, 7) is 0.317. The van der Waals surface area contributed by atoms with Gasteiger partial charge >= 0.3 is 0 Å². The average molecular weight is 452 g/mol. The van der Waals surface area contributed by atoms with Gasteiger partial charge in [-0.15, -0.1) is 0 Å². The second kappa shape index (κ2) is 9.34. The molecular formula is C21H21FN8O3. The Balaban J connectivity index is 1.37. The first-order valence-corrected chi connectivity index (χ1v) is 9.90. The molecule has 2 amide bonds. The number of hydrogen-bond donors (Lipinski definition) is 2. The fourth-order valence-corrected chi connectivity index (χ4v) is 3.04. The van der Waals surface area contributed by atoms with Crippen LogP contribution in [0.2, 0.25) is 0 Å². The van der Waals surface area contributed by atoms with Crippen LogP contribution >= 0.6 is 0 Å². The summed E-state index contributed by atoms with van der Waals surface area (Å²) >= 11 is 0.